The van der Waals surface area contributed by atoms with Crippen molar-refractivity contribution < 1.29 is 14.3 Å². The smallest absolute Gasteiger partial charge is 0.330 e. The van der Waals surface area contributed by atoms with Crippen LogP contribution in [0.3, 0.4) is 0 Å². The first kappa shape index (κ1) is 10.1. The van der Waals surface area contributed by atoms with Crippen LogP contribution >= 0.6 is 0 Å². The fourth-order valence-corrected chi connectivity index (χ4v) is 0.717. The maximum Gasteiger partial charge on any atom is 0.330 e. The monoisotopic (exact) mass is 160 g/mol. The Balaban J connectivity index is 3.25. The van der Waals surface area contributed by atoms with Gasteiger partial charge in [-0.3, -0.25) is 4.39 Å². The summed E-state index contributed by atoms with van der Waals surface area (Å²) in [5.41, 5.74) is 0.212. The third-order valence-electron chi connectivity index (χ3n) is 1.41. The Hall–Kier alpha value is -0.860. The highest BCUT2D eigenvalue weighted by Gasteiger charge is 2.01. The Labute approximate surface area is 65.7 Å². The highest BCUT2D eigenvalue weighted by Crippen LogP contribution is 2.06. The first-order valence-corrected chi connectivity index (χ1v) is 3.65. The van der Waals surface area contributed by atoms with Crippen molar-refractivity contribution in [2.24, 2.45) is 0 Å². The Morgan fingerprint density at radius 2 is 2.00 bits per heavy atom. The Morgan fingerprint density at radius 3 is 2.45 bits per heavy atom. The topological polar surface area (TPSA) is 37.3 Å². The number of hydrogen-bond donors (Lipinski definition) is 1. The van der Waals surface area contributed by atoms with Gasteiger partial charge in [-0.1, -0.05) is 13.0 Å². The summed E-state index contributed by atoms with van der Waals surface area (Å²) in [6, 6.07) is 0. The van der Waals surface area contributed by atoms with E-state index in [1.165, 1.54) is 0 Å². The van der Waals surface area contributed by atoms with Gasteiger partial charge in [-0.2, -0.15) is 0 Å². The maximum absolute atomic E-state index is 11.5. The molecule has 0 atom stereocenters. The van der Waals surface area contributed by atoms with Crippen LogP contribution in [0.1, 0.15) is 25.7 Å². The minimum atomic E-state index is -0.953. The quantitative estimate of drug-likeness (QED) is 0.477. The molecule has 0 spiro atoms. The van der Waals surface area contributed by atoms with Crippen molar-refractivity contribution in [3.8, 4) is 0 Å². The molecule has 0 saturated heterocycles. The van der Waals surface area contributed by atoms with Crippen molar-refractivity contribution in [2.75, 3.05) is 6.67 Å². The highest BCUT2D eigenvalue weighted by molar-refractivity contribution is 5.85. The van der Waals surface area contributed by atoms with Gasteiger partial charge in [-0.05, 0) is 19.3 Å². The molecule has 0 aliphatic rings. The van der Waals surface area contributed by atoms with Gasteiger partial charge in [0.15, 0.2) is 0 Å². The fourth-order valence-electron chi connectivity index (χ4n) is 0.717. The average molecular weight is 160 g/mol. The van der Waals surface area contributed by atoms with Crippen LogP contribution in [-0.4, -0.2) is 17.8 Å². The van der Waals surface area contributed by atoms with Gasteiger partial charge in [-0.15, -0.1) is 0 Å². The summed E-state index contributed by atoms with van der Waals surface area (Å²) in [7, 11) is 0. The van der Waals surface area contributed by atoms with Crippen LogP contribution in [0.25, 0.3) is 0 Å². The molecule has 64 valence electrons. The number of carboxylic acids is 1. The summed E-state index contributed by atoms with van der Waals surface area (Å²) >= 11 is 0. The van der Waals surface area contributed by atoms with Gasteiger partial charge in [0.25, 0.3) is 0 Å². The minimum Gasteiger partial charge on any atom is -0.478 e. The molecule has 0 bridgehead atoms. The van der Waals surface area contributed by atoms with E-state index in [9.17, 15) is 9.18 Å². The second-order valence-corrected chi connectivity index (χ2v) is 2.41. The predicted molar refractivity (Wildman–Crippen MR) is 41.2 cm³/mol. The largest absolute Gasteiger partial charge is 0.478 e. The SMILES string of the molecule is C=C(CCCCCF)C(=O)O. The second-order valence-electron chi connectivity index (χ2n) is 2.41. The molecule has 0 aromatic rings. The second kappa shape index (κ2) is 5.89. The van der Waals surface area contributed by atoms with E-state index in [1.807, 2.05) is 0 Å². The fraction of sp³-hybridized carbons (Fsp3) is 0.625. The van der Waals surface area contributed by atoms with Gasteiger partial charge in [-0.25, -0.2) is 4.79 Å². The van der Waals surface area contributed by atoms with E-state index in [0.29, 0.717) is 12.8 Å². The molecule has 0 saturated carbocycles. The van der Waals surface area contributed by atoms with Crippen LogP contribution in [0, 0.1) is 0 Å². The lowest BCUT2D eigenvalue weighted by Gasteiger charge is -1.97. The number of aliphatic carboxylic acids is 1. The van der Waals surface area contributed by atoms with Gasteiger partial charge >= 0.3 is 5.97 Å². The molecule has 0 aliphatic heterocycles. The number of carbonyl (C=O) groups is 1. The van der Waals surface area contributed by atoms with Gasteiger partial charge in [0.05, 0.1) is 6.67 Å². The highest BCUT2D eigenvalue weighted by atomic mass is 19.1. The lowest BCUT2D eigenvalue weighted by atomic mass is 10.1. The maximum atomic E-state index is 11.5. The number of hydrogen-bond acceptors (Lipinski definition) is 1. The molecule has 0 aromatic carbocycles. The third kappa shape index (κ3) is 5.58. The molecule has 0 aliphatic carbocycles. The van der Waals surface area contributed by atoms with E-state index in [0.717, 1.165) is 12.8 Å². The van der Waals surface area contributed by atoms with Crippen molar-refractivity contribution >= 4 is 5.97 Å². The summed E-state index contributed by atoms with van der Waals surface area (Å²) in [5, 5.41) is 8.36. The van der Waals surface area contributed by atoms with Crippen LogP contribution in [0.5, 0.6) is 0 Å². The summed E-state index contributed by atoms with van der Waals surface area (Å²) in [4.78, 5) is 10.2. The molecule has 0 aromatic heterocycles. The number of rotatable bonds is 6. The molecule has 2 nitrogen and oxygen atoms in total. The predicted octanol–water partition coefficient (Wildman–Crippen LogP) is 2.16. The lowest BCUT2D eigenvalue weighted by Crippen LogP contribution is -1.98. The molecule has 0 amide bonds. The molecule has 11 heavy (non-hydrogen) atoms. The van der Waals surface area contributed by atoms with Gasteiger partial charge in [0, 0.05) is 5.57 Å². The van der Waals surface area contributed by atoms with Gasteiger partial charge < -0.3 is 5.11 Å². The van der Waals surface area contributed by atoms with E-state index in [1.54, 1.807) is 0 Å². The molecule has 0 heterocycles. The molecule has 1 N–H and O–H groups in total. The van der Waals surface area contributed by atoms with E-state index in [2.05, 4.69) is 6.58 Å². The van der Waals surface area contributed by atoms with Crippen molar-refractivity contribution in [1.29, 1.82) is 0 Å². The number of halogens is 1. The van der Waals surface area contributed by atoms with Crippen LogP contribution in [0.2, 0.25) is 0 Å². The van der Waals surface area contributed by atoms with Crippen LogP contribution < -0.4 is 0 Å². The Bertz CT molecular complexity index is 143. The minimum absolute atomic E-state index is 0.212. The molecule has 0 rings (SSSR count). The number of carboxylic acid groups (broad SMARTS) is 1. The molecule has 3 heteroatoms. The lowest BCUT2D eigenvalue weighted by molar-refractivity contribution is -0.132. The summed E-state index contributed by atoms with van der Waals surface area (Å²) in [5.74, 6) is -0.953. The normalized spacial score (nSPS) is 9.55. The Kier molecular flexibility index (Phi) is 5.43. The zero-order valence-corrected chi connectivity index (χ0v) is 6.48. The third-order valence-corrected chi connectivity index (χ3v) is 1.41. The molecular weight excluding hydrogens is 147 g/mol. The molecule has 0 radical (unpaired) electrons. The van der Waals surface area contributed by atoms with Crippen molar-refractivity contribution in [3.63, 3.8) is 0 Å². The van der Waals surface area contributed by atoms with E-state index in [4.69, 9.17) is 5.11 Å². The van der Waals surface area contributed by atoms with E-state index >= 15 is 0 Å². The first-order valence-electron chi connectivity index (χ1n) is 3.65. The van der Waals surface area contributed by atoms with E-state index < -0.39 is 5.97 Å². The summed E-state index contributed by atoms with van der Waals surface area (Å²) < 4.78 is 11.5. The van der Waals surface area contributed by atoms with Crippen LogP contribution in [0.4, 0.5) is 4.39 Å². The zero-order chi connectivity index (χ0) is 8.69. The molecular formula is C8H13FO2. The van der Waals surface area contributed by atoms with Crippen LogP contribution in [-0.2, 0) is 4.79 Å². The van der Waals surface area contributed by atoms with Gasteiger partial charge in [0.2, 0.25) is 0 Å². The summed E-state index contributed by atoms with van der Waals surface area (Å²) in [6.07, 6.45) is 2.44. The molecule has 0 unspecified atom stereocenters. The van der Waals surface area contributed by atoms with Crippen molar-refractivity contribution in [1.82, 2.24) is 0 Å². The number of unbranched alkanes of at least 4 members (excludes halogenated alkanes) is 2. The summed E-state index contributed by atoms with van der Waals surface area (Å²) in [6.45, 7) is 3.04. The van der Waals surface area contributed by atoms with E-state index in [-0.39, 0.29) is 12.2 Å². The zero-order valence-electron chi connectivity index (χ0n) is 6.48. The standard InChI is InChI=1S/C8H13FO2/c1-7(8(10)11)5-3-2-4-6-9/h1-6H2,(H,10,11). The average Bonchev–Trinajstić information content (AvgIpc) is 1.97. The van der Waals surface area contributed by atoms with Gasteiger partial charge in [0.1, 0.15) is 0 Å². The van der Waals surface area contributed by atoms with Crippen molar-refractivity contribution in [3.05, 3.63) is 12.2 Å². The van der Waals surface area contributed by atoms with Crippen LogP contribution in [0.15, 0.2) is 12.2 Å². The first-order chi connectivity index (χ1) is 5.18. The number of alkyl halides is 1. The van der Waals surface area contributed by atoms with Crippen molar-refractivity contribution in [2.45, 2.75) is 25.7 Å². The Morgan fingerprint density at radius 1 is 1.36 bits per heavy atom. The molecule has 0 fully saturated rings.